The lowest BCUT2D eigenvalue weighted by Crippen LogP contribution is -2.13. The van der Waals surface area contributed by atoms with Crippen LogP contribution in [0.4, 0.5) is 23.4 Å². The van der Waals surface area contributed by atoms with Crippen LogP contribution in [-0.4, -0.2) is 16.1 Å². The van der Waals surface area contributed by atoms with Gasteiger partial charge in [0.1, 0.15) is 18.2 Å². The molecule has 1 aromatic heterocycles. The van der Waals surface area contributed by atoms with Gasteiger partial charge in [0.05, 0.1) is 11.1 Å². The van der Waals surface area contributed by atoms with Gasteiger partial charge in [-0.25, -0.2) is 4.39 Å². The molecule has 5 nitrogen and oxygen atoms in total. The first-order valence-corrected chi connectivity index (χ1v) is 10.0. The molecule has 1 heterocycles. The maximum atomic E-state index is 13.9. The number of fused-ring (bicyclic) bond motifs is 1. The summed E-state index contributed by atoms with van der Waals surface area (Å²) in [6.07, 6.45) is -4.48. The van der Waals surface area contributed by atoms with Gasteiger partial charge in [-0.05, 0) is 48.5 Å². The van der Waals surface area contributed by atoms with E-state index in [9.17, 15) is 22.4 Å². The molecule has 0 radical (unpaired) electrons. The summed E-state index contributed by atoms with van der Waals surface area (Å²) >= 11 is 3.20. The second-order valence-corrected chi connectivity index (χ2v) is 7.75. The molecule has 0 fully saturated rings. The van der Waals surface area contributed by atoms with E-state index in [0.717, 1.165) is 24.3 Å². The fraction of sp³-hybridized carbons (Fsp3) is 0.0909. The highest BCUT2D eigenvalue weighted by atomic mass is 79.9. The summed E-state index contributed by atoms with van der Waals surface area (Å²) in [7, 11) is 0. The van der Waals surface area contributed by atoms with Gasteiger partial charge in [0, 0.05) is 27.1 Å². The predicted molar refractivity (Wildman–Crippen MR) is 114 cm³/mol. The van der Waals surface area contributed by atoms with Crippen molar-refractivity contribution in [3.05, 3.63) is 87.6 Å². The molecule has 0 bridgehead atoms. The van der Waals surface area contributed by atoms with E-state index in [2.05, 4.69) is 31.4 Å². The number of rotatable bonds is 5. The smallest absolute Gasteiger partial charge is 0.416 e. The third-order valence-electron chi connectivity index (χ3n) is 4.65. The molecule has 0 aliphatic carbocycles. The molecule has 164 valence electrons. The Balaban J connectivity index is 1.46. The van der Waals surface area contributed by atoms with Gasteiger partial charge in [-0.2, -0.15) is 18.3 Å². The van der Waals surface area contributed by atoms with Crippen LogP contribution in [0.5, 0.6) is 5.75 Å². The second-order valence-electron chi connectivity index (χ2n) is 6.83. The van der Waals surface area contributed by atoms with E-state index in [4.69, 9.17) is 4.74 Å². The SMILES string of the molecule is O=C(Nc1n[nH]c2cc(OCc3ccc(Br)cc3F)ccc12)c1ccc(C(F)(F)F)cc1. The number of ether oxygens (including phenoxy) is 1. The van der Waals surface area contributed by atoms with Crippen molar-refractivity contribution in [3.63, 3.8) is 0 Å². The zero-order valence-electron chi connectivity index (χ0n) is 16.1. The number of carbonyl (C=O) groups is 1. The average Bonchev–Trinajstić information content (AvgIpc) is 3.14. The first-order valence-electron chi connectivity index (χ1n) is 9.24. The highest BCUT2D eigenvalue weighted by Gasteiger charge is 2.30. The number of H-pyrrole nitrogens is 1. The maximum absolute atomic E-state index is 13.9. The molecule has 0 saturated carbocycles. The summed E-state index contributed by atoms with van der Waals surface area (Å²) in [4.78, 5) is 12.4. The van der Waals surface area contributed by atoms with Crippen LogP contribution in [-0.2, 0) is 12.8 Å². The number of halogens is 5. The monoisotopic (exact) mass is 507 g/mol. The number of aromatic nitrogens is 2. The molecular formula is C22H14BrF4N3O2. The van der Waals surface area contributed by atoms with Gasteiger partial charge < -0.3 is 10.1 Å². The number of carbonyl (C=O) groups excluding carboxylic acids is 1. The van der Waals surface area contributed by atoms with E-state index in [-0.39, 0.29) is 18.0 Å². The number of alkyl halides is 3. The Kier molecular flexibility index (Phi) is 5.88. The quantitative estimate of drug-likeness (QED) is 0.311. The van der Waals surface area contributed by atoms with Gasteiger partial charge in [-0.1, -0.05) is 22.0 Å². The third-order valence-corrected chi connectivity index (χ3v) is 5.14. The molecule has 0 atom stereocenters. The van der Waals surface area contributed by atoms with E-state index in [0.29, 0.717) is 26.7 Å². The fourth-order valence-corrected chi connectivity index (χ4v) is 3.31. The Hall–Kier alpha value is -3.40. The van der Waals surface area contributed by atoms with Crippen molar-refractivity contribution < 1.29 is 27.1 Å². The minimum atomic E-state index is -4.48. The standard InChI is InChI=1S/C22H14BrF4N3O2/c23-15-6-3-13(18(24)9-15)11-32-16-7-8-17-19(10-16)29-30-20(17)28-21(31)12-1-4-14(5-2-12)22(25,26)27/h1-10H,11H2,(H2,28,29,30,31). The molecule has 4 rings (SSSR count). The molecule has 10 heteroatoms. The van der Waals surface area contributed by atoms with Crippen LogP contribution >= 0.6 is 15.9 Å². The van der Waals surface area contributed by atoms with Crippen molar-refractivity contribution in [2.75, 3.05) is 5.32 Å². The van der Waals surface area contributed by atoms with Crippen molar-refractivity contribution in [2.24, 2.45) is 0 Å². The molecule has 0 unspecified atom stereocenters. The topological polar surface area (TPSA) is 67.0 Å². The first-order chi connectivity index (χ1) is 15.2. The molecule has 3 aromatic carbocycles. The van der Waals surface area contributed by atoms with Crippen molar-refractivity contribution in [1.29, 1.82) is 0 Å². The highest BCUT2D eigenvalue weighted by molar-refractivity contribution is 9.10. The van der Waals surface area contributed by atoms with Crippen molar-refractivity contribution in [3.8, 4) is 5.75 Å². The lowest BCUT2D eigenvalue weighted by atomic mass is 10.1. The van der Waals surface area contributed by atoms with Gasteiger partial charge in [-0.15, -0.1) is 0 Å². The fourth-order valence-electron chi connectivity index (χ4n) is 2.97. The van der Waals surface area contributed by atoms with Crippen molar-refractivity contribution in [2.45, 2.75) is 12.8 Å². The number of benzene rings is 3. The van der Waals surface area contributed by atoms with Gasteiger partial charge >= 0.3 is 6.18 Å². The molecule has 4 aromatic rings. The number of nitrogens with zero attached hydrogens (tertiary/aromatic N) is 1. The Bertz CT molecular complexity index is 1290. The minimum Gasteiger partial charge on any atom is -0.489 e. The summed E-state index contributed by atoms with van der Waals surface area (Å²) in [5.41, 5.74) is 0.171. The normalized spacial score (nSPS) is 11.5. The van der Waals surface area contributed by atoms with Gasteiger partial charge in [-0.3, -0.25) is 9.89 Å². The van der Waals surface area contributed by atoms with Crippen LogP contribution in [0.25, 0.3) is 10.9 Å². The van der Waals surface area contributed by atoms with Crippen LogP contribution in [0.1, 0.15) is 21.5 Å². The number of aromatic amines is 1. The van der Waals surface area contributed by atoms with Crippen LogP contribution in [0, 0.1) is 5.82 Å². The van der Waals surface area contributed by atoms with Gasteiger partial charge in [0.2, 0.25) is 0 Å². The summed E-state index contributed by atoms with van der Waals surface area (Å²) in [6, 6.07) is 13.5. The predicted octanol–water partition coefficient (Wildman–Crippen LogP) is 6.31. The number of hydrogen-bond donors (Lipinski definition) is 2. The van der Waals surface area contributed by atoms with E-state index in [1.807, 2.05) is 0 Å². The van der Waals surface area contributed by atoms with Crippen molar-refractivity contribution >= 4 is 38.6 Å². The second kappa shape index (κ2) is 8.62. The van der Waals surface area contributed by atoms with E-state index >= 15 is 0 Å². The van der Waals surface area contributed by atoms with E-state index in [1.54, 1.807) is 30.3 Å². The van der Waals surface area contributed by atoms with E-state index < -0.39 is 23.5 Å². The maximum Gasteiger partial charge on any atom is 0.416 e. The molecule has 32 heavy (non-hydrogen) atoms. The summed E-state index contributed by atoms with van der Waals surface area (Å²) in [5.74, 6) is -0.312. The minimum absolute atomic E-state index is 0.0241. The lowest BCUT2D eigenvalue weighted by molar-refractivity contribution is -0.137. The Labute approximate surface area is 187 Å². The summed E-state index contributed by atoms with van der Waals surface area (Å²) < 4.78 is 58.2. The lowest BCUT2D eigenvalue weighted by Gasteiger charge is -2.08. The summed E-state index contributed by atoms with van der Waals surface area (Å²) in [5, 5.41) is 9.95. The number of amides is 1. The average molecular weight is 508 g/mol. The number of hydrogen-bond acceptors (Lipinski definition) is 3. The summed E-state index contributed by atoms with van der Waals surface area (Å²) in [6.45, 7) is 0.0241. The highest BCUT2D eigenvalue weighted by Crippen LogP contribution is 2.30. The van der Waals surface area contributed by atoms with Crippen molar-refractivity contribution in [1.82, 2.24) is 10.2 Å². The Morgan fingerprint density at radius 1 is 1.06 bits per heavy atom. The Morgan fingerprint density at radius 2 is 1.81 bits per heavy atom. The molecule has 0 aliphatic heterocycles. The van der Waals surface area contributed by atoms with Gasteiger partial charge in [0.15, 0.2) is 5.82 Å². The first kappa shape index (κ1) is 21.8. The van der Waals surface area contributed by atoms with Crippen LogP contribution < -0.4 is 10.1 Å². The van der Waals surface area contributed by atoms with Crippen LogP contribution in [0.2, 0.25) is 0 Å². The molecule has 0 aliphatic rings. The van der Waals surface area contributed by atoms with Gasteiger partial charge in [0.25, 0.3) is 5.91 Å². The molecule has 2 N–H and O–H groups in total. The molecule has 1 amide bonds. The number of nitrogens with one attached hydrogen (secondary N) is 2. The Morgan fingerprint density at radius 3 is 2.50 bits per heavy atom. The molecular weight excluding hydrogens is 494 g/mol. The third kappa shape index (κ3) is 4.75. The van der Waals surface area contributed by atoms with Crippen LogP contribution in [0.15, 0.2) is 65.1 Å². The zero-order valence-corrected chi connectivity index (χ0v) is 17.7. The molecule has 0 spiro atoms. The molecule has 0 saturated heterocycles. The number of anilines is 1. The van der Waals surface area contributed by atoms with Crippen LogP contribution in [0.3, 0.4) is 0 Å². The largest absolute Gasteiger partial charge is 0.489 e. The zero-order chi connectivity index (χ0) is 22.9. The van der Waals surface area contributed by atoms with E-state index in [1.165, 1.54) is 6.07 Å².